The van der Waals surface area contributed by atoms with Crippen LogP contribution in [0.4, 0.5) is 5.13 Å². The summed E-state index contributed by atoms with van der Waals surface area (Å²) in [4.78, 5) is 8.32. The molecule has 4 heteroatoms. The van der Waals surface area contributed by atoms with Crippen LogP contribution in [0.1, 0.15) is 0 Å². The minimum Gasteiger partial charge on any atom is -0.375 e. The van der Waals surface area contributed by atoms with Crippen LogP contribution >= 0.6 is 11.3 Å². The fraction of sp³-hybridized carbons (Fsp3) is 0. The van der Waals surface area contributed by atoms with E-state index in [0.29, 0.717) is 5.13 Å². The van der Waals surface area contributed by atoms with Crippen LogP contribution in [0, 0.1) is 0 Å². The predicted molar refractivity (Wildman–Crippen MR) is 59.3 cm³/mol. The van der Waals surface area contributed by atoms with E-state index in [4.69, 9.17) is 5.73 Å². The molecule has 68 valence electrons. The Hall–Kier alpha value is -1.68. The molecule has 0 saturated heterocycles. The van der Waals surface area contributed by atoms with Gasteiger partial charge in [0.15, 0.2) is 5.13 Å². The smallest absolute Gasteiger partial charge is 0.181 e. The van der Waals surface area contributed by atoms with Gasteiger partial charge in [-0.15, -0.1) is 0 Å². The second-order valence-corrected chi connectivity index (χ2v) is 4.09. The third kappa shape index (κ3) is 0.975. The number of fused-ring (bicyclic) bond motifs is 3. The van der Waals surface area contributed by atoms with Gasteiger partial charge in [0.2, 0.25) is 0 Å². The maximum absolute atomic E-state index is 5.67. The second-order valence-electron chi connectivity index (χ2n) is 3.06. The summed E-state index contributed by atoms with van der Waals surface area (Å²) in [6.45, 7) is 0. The number of nitrogens with two attached hydrogens (primary N) is 1. The number of pyridine rings is 1. The highest BCUT2D eigenvalue weighted by molar-refractivity contribution is 7.23. The Morgan fingerprint density at radius 1 is 1.21 bits per heavy atom. The molecule has 0 radical (unpaired) electrons. The zero-order valence-electron chi connectivity index (χ0n) is 7.27. The van der Waals surface area contributed by atoms with Gasteiger partial charge in [0.25, 0.3) is 0 Å². The van der Waals surface area contributed by atoms with Crippen molar-refractivity contribution in [3.05, 3.63) is 30.6 Å². The molecule has 1 aromatic carbocycles. The Morgan fingerprint density at radius 3 is 3.07 bits per heavy atom. The monoisotopic (exact) mass is 201 g/mol. The summed E-state index contributed by atoms with van der Waals surface area (Å²) in [5, 5.41) is 2.92. The first-order valence-electron chi connectivity index (χ1n) is 4.23. The largest absolute Gasteiger partial charge is 0.375 e. The van der Waals surface area contributed by atoms with Gasteiger partial charge in [0.1, 0.15) is 0 Å². The molecule has 3 rings (SSSR count). The molecule has 0 unspecified atom stereocenters. The van der Waals surface area contributed by atoms with Crippen molar-refractivity contribution in [2.75, 3.05) is 5.73 Å². The van der Waals surface area contributed by atoms with Gasteiger partial charge >= 0.3 is 0 Å². The average molecular weight is 201 g/mol. The van der Waals surface area contributed by atoms with E-state index in [1.807, 2.05) is 24.4 Å². The lowest BCUT2D eigenvalue weighted by Gasteiger charge is -1.95. The molecule has 2 aromatic heterocycles. The maximum Gasteiger partial charge on any atom is 0.181 e. The number of rotatable bonds is 0. The zero-order chi connectivity index (χ0) is 9.54. The summed E-state index contributed by atoms with van der Waals surface area (Å²) in [7, 11) is 0. The average Bonchev–Trinajstić information content (AvgIpc) is 2.59. The molecule has 0 aliphatic heterocycles. The summed E-state index contributed by atoms with van der Waals surface area (Å²) >= 11 is 1.52. The molecule has 2 heterocycles. The first-order valence-corrected chi connectivity index (χ1v) is 5.05. The van der Waals surface area contributed by atoms with Gasteiger partial charge in [0, 0.05) is 23.2 Å². The number of thiazole rings is 1. The summed E-state index contributed by atoms with van der Waals surface area (Å²) in [5.74, 6) is 0. The molecule has 0 atom stereocenters. The van der Waals surface area contributed by atoms with E-state index in [9.17, 15) is 0 Å². The highest BCUT2D eigenvalue weighted by Gasteiger charge is 2.04. The molecule has 0 spiro atoms. The molecule has 0 bridgehead atoms. The van der Waals surface area contributed by atoms with Crippen molar-refractivity contribution in [1.29, 1.82) is 0 Å². The molecule has 2 N–H and O–H groups in total. The van der Waals surface area contributed by atoms with Gasteiger partial charge in [-0.3, -0.25) is 4.98 Å². The Bertz CT molecular complexity index is 615. The van der Waals surface area contributed by atoms with Gasteiger partial charge < -0.3 is 5.73 Å². The van der Waals surface area contributed by atoms with E-state index in [1.165, 1.54) is 16.7 Å². The molecule has 3 nitrogen and oxygen atoms in total. The van der Waals surface area contributed by atoms with E-state index in [0.717, 1.165) is 15.6 Å². The van der Waals surface area contributed by atoms with Crippen LogP contribution in [-0.4, -0.2) is 9.97 Å². The minimum absolute atomic E-state index is 0.615. The lowest BCUT2D eigenvalue weighted by molar-refractivity contribution is 1.37. The number of benzene rings is 1. The molecule has 0 fully saturated rings. The van der Waals surface area contributed by atoms with Crippen LogP contribution in [0.2, 0.25) is 0 Å². The molecular formula is C10H7N3S. The highest BCUT2D eigenvalue weighted by atomic mass is 32.1. The SMILES string of the molecule is Nc1nc2ccc3cnccc3c2s1. The number of hydrogen-bond donors (Lipinski definition) is 1. The Morgan fingerprint density at radius 2 is 2.14 bits per heavy atom. The quantitative estimate of drug-likeness (QED) is 0.607. The molecule has 0 amide bonds. The van der Waals surface area contributed by atoms with Crippen molar-refractivity contribution in [1.82, 2.24) is 9.97 Å². The molecule has 14 heavy (non-hydrogen) atoms. The van der Waals surface area contributed by atoms with E-state index in [1.54, 1.807) is 6.20 Å². The van der Waals surface area contributed by atoms with Crippen LogP contribution in [-0.2, 0) is 0 Å². The molecule has 3 aromatic rings. The Balaban J connectivity index is 2.60. The lowest BCUT2D eigenvalue weighted by atomic mass is 10.2. The van der Waals surface area contributed by atoms with Crippen LogP contribution in [0.15, 0.2) is 30.6 Å². The zero-order valence-corrected chi connectivity index (χ0v) is 8.08. The standard InChI is InChI=1S/C10H7N3S/c11-10-13-8-2-1-6-5-12-4-3-7(6)9(8)14-10/h1-5H,(H2,11,13). The minimum atomic E-state index is 0.615. The van der Waals surface area contributed by atoms with Gasteiger partial charge in [-0.1, -0.05) is 17.4 Å². The van der Waals surface area contributed by atoms with E-state index < -0.39 is 0 Å². The normalized spacial score (nSPS) is 11.1. The van der Waals surface area contributed by atoms with Crippen molar-refractivity contribution in [3.63, 3.8) is 0 Å². The topological polar surface area (TPSA) is 51.8 Å². The summed E-state index contributed by atoms with van der Waals surface area (Å²) < 4.78 is 1.14. The fourth-order valence-corrected chi connectivity index (χ4v) is 2.44. The van der Waals surface area contributed by atoms with Crippen LogP contribution in [0.25, 0.3) is 21.0 Å². The first kappa shape index (κ1) is 7.70. The van der Waals surface area contributed by atoms with Gasteiger partial charge in [-0.25, -0.2) is 4.98 Å². The highest BCUT2D eigenvalue weighted by Crippen LogP contribution is 2.30. The van der Waals surface area contributed by atoms with Gasteiger partial charge in [-0.2, -0.15) is 0 Å². The van der Waals surface area contributed by atoms with Gasteiger partial charge in [-0.05, 0) is 12.1 Å². The fourth-order valence-electron chi connectivity index (χ4n) is 1.57. The number of anilines is 1. The second kappa shape index (κ2) is 2.65. The van der Waals surface area contributed by atoms with Crippen molar-refractivity contribution < 1.29 is 0 Å². The van der Waals surface area contributed by atoms with Crippen LogP contribution in [0.3, 0.4) is 0 Å². The molecule has 0 aliphatic carbocycles. The van der Waals surface area contributed by atoms with Crippen molar-refractivity contribution in [2.45, 2.75) is 0 Å². The number of aromatic nitrogens is 2. The van der Waals surface area contributed by atoms with Crippen molar-refractivity contribution in [3.8, 4) is 0 Å². The third-order valence-corrected chi connectivity index (χ3v) is 3.12. The van der Waals surface area contributed by atoms with Crippen molar-refractivity contribution >= 4 is 37.5 Å². The summed E-state index contributed by atoms with van der Waals surface area (Å²) in [6, 6.07) is 5.99. The van der Waals surface area contributed by atoms with E-state index in [-0.39, 0.29) is 0 Å². The molecule has 0 saturated carbocycles. The first-order chi connectivity index (χ1) is 6.84. The lowest BCUT2D eigenvalue weighted by Crippen LogP contribution is -1.79. The van der Waals surface area contributed by atoms with E-state index >= 15 is 0 Å². The number of nitrogen functional groups attached to an aromatic ring is 1. The predicted octanol–water partition coefficient (Wildman–Crippen LogP) is 2.43. The molecule has 0 aliphatic rings. The summed E-state index contributed by atoms with van der Waals surface area (Å²) in [5.41, 5.74) is 6.64. The Kier molecular flexibility index (Phi) is 1.46. The van der Waals surface area contributed by atoms with E-state index in [2.05, 4.69) is 9.97 Å². The van der Waals surface area contributed by atoms with Crippen molar-refractivity contribution in [2.24, 2.45) is 0 Å². The Labute approximate surface area is 84.2 Å². The number of nitrogens with zero attached hydrogens (tertiary/aromatic N) is 2. The molecular weight excluding hydrogens is 194 g/mol. The number of hydrogen-bond acceptors (Lipinski definition) is 4. The van der Waals surface area contributed by atoms with Gasteiger partial charge in [0.05, 0.1) is 10.2 Å². The van der Waals surface area contributed by atoms with Crippen LogP contribution in [0.5, 0.6) is 0 Å². The van der Waals surface area contributed by atoms with Crippen LogP contribution < -0.4 is 5.73 Å². The maximum atomic E-state index is 5.67. The summed E-state index contributed by atoms with van der Waals surface area (Å²) in [6.07, 6.45) is 3.64. The third-order valence-electron chi connectivity index (χ3n) is 2.19.